The van der Waals surface area contributed by atoms with Gasteiger partial charge in [0.1, 0.15) is 0 Å². The molecule has 3 fully saturated rings. The average molecular weight is 168 g/mol. The maximum absolute atomic E-state index is 2.55. The third-order valence-corrected chi connectivity index (χ3v) is 8.15. The third-order valence-electron chi connectivity index (χ3n) is 4.09. The average Bonchev–Trinajstić information content (AvgIpc) is 1.99. The van der Waals surface area contributed by atoms with Crippen molar-refractivity contribution in [2.24, 2.45) is 0 Å². The molecular weight excluding hydrogens is 151 g/mol. The summed E-state index contributed by atoms with van der Waals surface area (Å²) in [6.45, 7) is 2.55. The Morgan fingerprint density at radius 3 is 2.09 bits per heavy atom. The van der Waals surface area contributed by atoms with Gasteiger partial charge in [0.25, 0.3) is 0 Å². The quantitative estimate of drug-likeness (QED) is 0.486. The molecule has 0 amide bonds. The van der Waals surface area contributed by atoms with Crippen molar-refractivity contribution >= 4 is 7.92 Å². The zero-order valence-corrected chi connectivity index (χ0v) is 8.24. The van der Waals surface area contributed by atoms with Crippen molar-refractivity contribution in [3.05, 3.63) is 0 Å². The highest BCUT2D eigenvalue weighted by Crippen LogP contribution is 2.82. The summed E-state index contributed by atoms with van der Waals surface area (Å²) >= 11 is 0. The Morgan fingerprint density at radius 2 is 1.64 bits per heavy atom. The molecule has 0 nitrogen and oxygen atoms in total. The van der Waals surface area contributed by atoms with E-state index in [0.29, 0.717) is 7.92 Å². The van der Waals surface area contributed by atoms with Crippen LogP contribution in [0.1, 0.15) is 45.4 Å². The minimum Gasteiger partial charge on any atom is -0.0941 e. The van der Waals surface area contributed by atoms with E-state index in [-0.39, 0.29) is 0 Å². The number of hydrogen-bond donors (Lipinski definition) is 0. The van der Waals surface area contributed by atoms with Gasteiger partial charge in [-0.15, -0.1) is 0 Å². The molecule has 1 heteroatoms. The van der Waals surface area contributed by atoms with E-state index in [2.05, 4.69) is 6.92 Å². The molecule has 62 valence electrons. The first-order valence-electron chi connectivity index (χ1n) is 5.08. The Morgan fingerprint density at radius 1 is 1.09 bits per heavy atom. The van der Waals surface area contributed by atoms with Gasteiger partial charge in [-0.1, -0.05) is 27.7 Å². The van der Waals surface area contributed by atoms with Gasteiger partial charge in [-0.25, -0.2) is 0 Å². The van der Waals surface area contributed by atoms with Crippen LogP contribution in [0.15, 0.2) is 0 Å². The molecule has 0 N–H and O–H groups in total. The Labute approximate surface area is 70.5 Å². The van der Waals surface area contributed by atoms with Crippen LogP contribution in [0.5, 0.6) is 0 Å². The van der Waals surface area contributed by atoms with Gasteiger partial charge in [0.2, 0.25) is 0 Å². The van der Waals surface area contributed by atoms with Crippen LogP contribution >= 0.6 is 7.92 Å². The fourth-order valence-electron chi connectivity index (χ4n) is 3.70. The first kappa shape index (κ1) is 6.89. The van der Waals surface area contributed by atoms with Gasteiger partial charge in [-0.2, -0.15) is 0 Å². The lowest BCUT2D eigenvalue weighted by atomic mass is 9.93. The fraction of sp³-hybridized carbons (Fsp3) is 1.00. The molecule has 0 aromatic rings. The molecule has 3 heterocycles. The second kappa shape index (κ2) is 2.02. The van der Waals surface area contributed by atoms with Crippen LogP contribution in [0.3, 0.4) is 0 Å². The van der Waals surface area contributed by atoms with Gasteiger partial charge >= 0.3 is 0 Å². The smallest absolute Gasteiger partial charge is 0.0106 e. The van der Waals surface area contributed by atoms with Gasteiger partial charge < -0.3 is 0 Å². The summed E-state index contributed by atoms with van der Waals surface area (Å²) in [6, 6.07) is 0. The molecule has 0 aromatic carbocycles. The Balaban J connectivity index is 1.83. The Hall–Kier alpha value is 0.430. The van der Waals surface area contributed by atoms with E-state index in [9.17, 15) is 0 Å². The van der Waals surface area contributed by atoms with Gasteiger partial charge in [0.15, 0.2) is 0 Å². The summed E-state index contributed by atoms with van der Waals surface area (Å²) in [5, 5.41) is 0.912. The van der Waals surface area contributed by atoms with E-state index >= 15 is 0 Å². The van der Waals surface area contributed by atoms with Crippen LogP contribution in [0, 0.1) is 0 Å². The second-order valence-electron chi connectivity index (χ2n) is 4.90. The second-order valence-corrected chi connectivity index (χ2v) is 8.26. The summed E-state index contributed by atoms with van der Waals surface area (Å²) in [5.74, 6) is 0. The van der Waals surface area contributed by atoms with Crippen molar-refractivity contribution in [1.29, 1.82) is 0 Å². The van der Waals surface area contributed by atoms with Gasteiger partial charge in [-0.3, -0.25) is 0 Å². The molecule has 0 radical (unpaired) electrons. The SMILES string of the molecule is CC12CC3CCCCC(C1)P32. The largest absolute Gasteiger partial charge is 0.0941 e. The maximum atomic E-state index is 2.55. The number of rotatable bonds is 0. The molecule has 11 heavy (non-hydrogen) atoms. The van der Waals surface area contributed by atoms with Crippen molar-refractivity contribution in [1.82, 2.24) is 0 Å². The van der Waals surface area contributed by atoms with E-state index in [1.54, 1.807) is 38.5 Å². The summed E-state index contributed by atoms with van der Waals surface area (Å²) in [5.41, 5.74) is 2.47. The highest BCUT2D eigenvalue weighted by molar-refractivity contribution is 7.64. The molecule has 0 aliphatic carbocycles. The monoisotopic (exact) mass is 168 g/mol. The molecular formula is C10H17P. The Kier molecular flexibility index (Phi) is 1.27. The molecule has 0 aromatic heterocycles. The van der Waals surface area contributed by atoms with Gasteiger partial charge in [0, 0.05) is 0 Å². The summed E-state index contributed by atoms with van der Waals surface area (Å²) in [7, 11) is 0.555. The highest BCUT2D eigenvalue weighted by Gasteiger charge is 2.61. The topological polar surface area (TPSA) is 0 Å². The normalized spacial score (nSPS) is 60.3. The van der Waals surface area contributed by atoms with Crippen LogP contribution in [-0.4, -0.2) is 16.5 Å². The minimum absolute atomic E-state index is 0.555. The van der Waals surface area contributed by atoms with E-state index < -0.39 is 0 Å². The zero-order valence-electron chi connectivity index (χ0n) is 7.34. The van der Waals surface area contributed by atoms with Gasteiger partial charge in [-0.05, 0) is 42.2 Å². The zero-order chi connectivity index (χ0) is 7.47. The first-order chi connectivity index (χ1) is 5.30. The van der Waals surface area contributed by atoms with Crippen molar-refractivity contribution in [2.45, 2.75) is 61.9 Å². The van der Waals surface area contributed by atoms with Crippen LogP contribution in [0.2, 0.25) is 0 Å². The van der Waals surface area contributed by atoms with E-state index in [0.717, 1.165) is 5.16 Å². The summed E-state index contributed by atoms with van der Waals surface area (Å²) in [4.78, 5) is 0. The standard InChI is InChI=1S/C10H17P/c1-10-6-8-4-2-3-5-9(7-10)11(8)10/h8-9H,2-7H2,1H3. The van der Waals surface area contributed by atoms with E-state index in [4.69, 9.17) is 0 Å². The maximum Gasteiger partial charge on any atom is -0.0106 e. The molecule has 0 spiro atoms. The highest BCUT2D eigenvalue weighted by atomic mass is 31.1. The third kappa shape index (κ3) is 0.750. The number of hydrogen-bond acceptors (Lipinski definition) is 0. The molecule has 2 unspecified atom stereocenters. The summed E-state index contributed by atoms with van der Waals surface area (Å²) < 4.78 is 0. The predicted octanol–water partition coefficient (Wildman–Crippen LogP) is 3.35. The lowest BCUT2D eigenvalue weighted by molar-refractivity contribution is 0.388. The van der Waals surface area contributed by atoms with E-state index in [1.807, 2.05) is 0 Å². The minimum atomic E-state index is 0.555. The van der Waals surface area contributed by atoms with Crippen LogP contribution in [0.4, 0.5) is 0 Å². The molecule has 3 rings (SSSR count). The lowest BCUT2D eigenvalue weighted by Crippen LogP contribution is -2.54. The Bertz CT molecular complexity index is 171. The van der Waals surface area contributed by atoms with Crippen molar-refractivity contribution < 1.29 is 0 Å². The molecule has 3 aliphatic rings. The first-order valence-corrected chi connectivity index (χ1v) is 6.56. The van der Waals surface area contributed by atoms with Crippen molar-refractivity contribution in [2.75, 3.05) is 0 Å². The van der Waals surface area contributed by atoms with Gasteiger partial charge in [0.05, 0.1) is 0 Å². The van der Waals surface area contributed by atoms with Crippen LogP contribution in [-0.2, 0) is 0 Å². The fourth-order valence-corrected chi connectivity index (χ4v) is 8.39. The summed E-state index contributed by atoms with van der Waals surface area (Å²) in [6.07, 6.45) is 9.51. The van der Waals surface area contributed by atoms with E-state index in [1.165, 1.54) is 11.3 Å². The molecule has 3 aliphatic heterocycles. The van der Waals surface area contributed by atoms with Crippen molar-refractivity contribution in [3.63, 3.8) is 0 Å². The lowest BCUT2D eigenvalue weighted by Gasteiger charge is -2.66. The molecule has 0 bridgehead atoms. The predicted molar refractivity (Wildman–Crippen MR) is 50.6 cm³/mol. The van der Waals surface area contributed by atoms with Crippen LogP contribution in [0.25, 0.3) is 0 Å². The van der Waals surface area contributed by atoms with Crippen LogP contribution < -0.4 is 0 Å². The molecule has 2 atom stereocenters. The van der Waals surface area contributed by atoms with Crippen molar-refractivity contribution in [3.8, 4) is 0 Å². The molecule has 3 saturated heterocycles. The molecule has 0 saturated carbocycles.